The predicted octanol–water partition coefficient (Wildman–Crippen LogP) is 2.93. The van der Waals surface area contributed by atoms with E-state index in [0.29, 0.717) is 0 Å². The summed E-state index contributed by atoms with van der Waals surface area (Å²) < 4.78 is 12.9. The fourth-order valence-electron chi connectivity index (χ4n) is 1.87. The van der Waals surface area contributed by atoms with E-state index in [1.165, 1.54) is 18.9 Å². The molecule has 1 atom stereocenters. The molecule has 14 heavy (non-hydrogen) atoms. The summed E-state index contributed by atoms with van der Waals surface area (Å²) in [5.74, 6) is -0.181. The second-order valence-corrected chi connectivity index (χ2v) is 4.63. The van der Waals surface area contributed by atoms with Crippen LogP contribution < -0.4 is 5.73 Å². The maximum atomic E-state index is 12.9. The molecule has 2 N–H and O–H groups in total. The highest BCUT2D eigenvalue weighted by atomic mass is 19.1. The minimum absolute atomic E-state index is 0.0584. The van der Waals surface area contributed by atoms with E-state index in [4.69, 9.17) is 5.73 Å². The Balaban J connectivity index is 2.32. The molecular weight excluding hydrogens is 177 g/mol. The molecule has 0 aliphatic heterocycles. The van der Waals surface area contributed by atoms with Crippen LogP contribution in [0.5, 0.6) is 0 Å². The Labute approximate surface area is 84.1 Å². The number of nitrogens with two attached hydrogens (primary N) is 1. The van der Waals surface area contributed by atoms with E-state index >= 15 is 0 Å². The summed E-state index contributed by atoms with van der Waals surface area (Å²) in [5, 5.41) is 0. The van der Waals surface area contributed by atoms with Gasteiger partial charge in [0.05, 0.1) is 0 Å². The molecule has 1 nitrogen and oxygen atoms in total. The largest absolute Gasteiger partial charge is 0.323 e. The lowest BCUT2D eigenvalue weighted by Crippen LogP contribution is -2.21. The Morgan fingerprint density at radius 3 is 2.57 bits per heavy atom. The highest BCUT2D eigenvalue weighted by Gasteiger charge is 2.43. The fourth-order valence-corrected chi connectivity index (χ4v) is 1.87. The molecule has 1 unspecified atom stereocenters. The van der Waals surface area contributed by atoms with Gasteiger partial charge in [0.25, 0.3) is 0 Å². The first kappa shape index (κ1) is 9.66. The third-order valence-electron chi connectivity index (χ3n) is 3.36. The van der Waals surface area contributed by atoms with Crippen molar-refractivity contribution in [2.24, 2.45) is 11.1 Å². The average molecular weight is 193 g/mol. The summed E-state index contributed by atoms with van der Waals surface area (Å²) in [5.41, 5.74) is 8.47. The fraction of sp³-hybridized carbons (Fsp3) is 0.500. The molecule has 1 saturated carbocycles. The van der Waals surface area contributed by atoms with Gasteiger partial charge in [0.15, 0.2) is 0 Å². The van der Waals surface area contributed by atoms with Crippen LogP contribution in [-0.4, -0.2) is 0 Å². The highest BCUT2D eigenvalue weighted by molar-refractivity contribution is 5.31. The molecule has 0 spiro atoms. The minimum atomic E-state index is -0.181. The first-order valence-electron chi connectivity index (χ1n) is 5.04. The lowest BCUT2D eigenvalue weighted by Gasteiger charge is -2.21. The van der Waals surface area contributed by atoms with E-state index in [0.717, 1.165) is 11.1 Å². The van der Waals surface area contributed by atoms with Gasteiger partial charge >= 0.3 is 0 Å². The van der Waals surface area contributed by atoms with Crippen LogP contribution in [0.2, 0.25) is 0 Å². The lowest BCUT2D eigenvalue weighted by molar-refractivity contribution is 0.448. The maximum Gasteiger partial charge on any atom is 0.123 e. The number of halogens is 1. The van der Waals surface area contributed by atoms with E-state index in [2.05, 4.69) is 6.92 Å². The minimum Gasteiger partial charge on any atom is -0.323 e. The smallest absolute Gasteiger partial charge is 0.123 e. The quantitative estimate of drug-likeness (QED) is 0.767. The summed E-state index contributed by atoms with van der Waals surface area (Å²) in [6.45, 7) is 4.12. The normalized spacial score (nSPS) is 20.6. The van der Waals surface area contributed by atoms with Gasteiger partial charge < -0.3 is 5.73 Å². The molecule has 1 aliphatic rings. The van der Waals surface area contributed by atoms with E-state index in [1.54, 1.807) is 6.07 Å². The van der Waals surface area contributed by atoms with Crippen molar-refractivity contribution in [3.63, 3.8) is 0 Å². The highest BCUT2D eigenvalue weighted by Crippen LogP contribution is 2.53. The van der Waals surface area contributed by atoms with Crippen LogP contribution >= 0.6 is 0 Å². The summed E-state index contributed by atoms with van der Waals surface area (Å²) in [6.07, 6.45) is 2.37. The van der Waals surface area contributed by atoms with Crippen LogP contribution in [0, 0.1) is 18.2 Å². The van der Waals surface area contributed by atoms with Crippen LogP contribution in [0.1, 0.15) is 36.9 Å². The van der Waals surface area contributed by atoms with Gasteiger partial charge in [-0.1, -0.05) is 13.0 Å². The number of aryl methyl sites for hydroxylation is 1. The number of hydrogen-bond acceptors (Lipinski definition) is 1. The van der Waals surface area contributed by atoms with Crippen LogP contribution in [0.25, 0.3) is 0 Å². The maximum absolute atomic E-state index is 12.9. The number of rotatable bonds is 2. The number of benzene rings is 1. The van der Waals surface area contributed by atoms with Crippen molar-refractivity contribution in [3.8, 4) is 0 Å². The Kier molecular flexibility index (Phi) is 2.11. The van der Waals surface area contributed by atoms with Crippen molar-refractivity contribution in [3.05, 3.63) is 35.1 Å². The van der Waals surface area contributed by atoms with E-state index in [1.807, 2.05) is 13.0 Å². The SMILES string of the molecule is Cc1cc(F)ccc1C(N)C1(C)CC1. The molecule has 1 fully saturated rings. The van der Waals surface area contributed by atoms with Gasteiger partial charge in [-0.05, 0) is 48.4 Å². The standard InChI is InChI=1S/C12H16FN/c1-8-7-9(13)3-4-10(8)11(14)12(2)5-6-12/h3-4,7,11H,5-6,14H2,1-2H3. The van der Waals surface area contributed by atoms with E-state index in [9.17, 15) is 4.39 Å². The topological polar surface area (TPSA) is 26.0 Å². The summed E-state index contributed by atoms with van der Waals surface area (Å²) in [4.78, 5) is 0. The van der Waals surface area contributed by atoms with Gasteiger partial charge in [-0.25, -0.2) is 4.39 Å². The van der Waals surface area contributed by atoms with Crippen LogP contribution in [-0.2, 0) is 0 Å². The molecule has 1 aromatic rings. The van der Waals surface area contributed by atoms with E-state index < -0.39 is 0 Å². The molecule has 1 aliphatic carbocycles. The van der Waals surface area contributed by atoms with Gasteiger partial charge in [-0.2, -0.15) is 0 Å². The monoisotopic (exact) mass is 193 g/mol. The van der Waals surface area contributed by atoms with Gasteiger partial charge in [0, 0.05) is 6.04 Å². The first-order valence-corrected chi connectivity index (χ1v) is 5.04. The second-order valence-electron chi connectivity index (χ2n) is 4.63. The summed E-state index contributed by atoms with van der Waals surface area (Å²) >= 11 is 0. The van der Waals surface area contributed by atoms with Crippen LogP contribution in [0.4, 0.5) is 4.39 Å². The van der Waals surface area contributed by atoms with Crippen LogP contribution in [0.15, 0.2) is 18.2 Å². The first-order chi connectivity index (χ1) is 6.53. The van der Waals surface area contributed by atoms with Crippen molar-refractivity contribution in [1.29, 1.82) is 0 Å². The second kappa shape index (κ2) is 3.06. The van der Waals surface area contributed by atoms with Crippen molar-refractivity contribution in [1.82, 2.24) is 0 Å². The zero-order valence-corrected chi connectivity index (χ0v) is 8.68. The zero-order valence-electron chi connectivity index (χ0n) is 8.68. The van der Waals surface area contributed by atoms with E-state index in [-0.39, 0.29) is 17.3 Å². The molecule has 76 valence electrons. The molecule has 1 aromatic carbocycles. The van der Waals surface area contributed by atoms with Crippen molar-refractivity contribution in [2.45, 2.75) is 32.7 Å². The van der Waals surface area contributed by atoms with Crippen molar-refractivity contribution < 1.29 is 4.39 Å². The molecule has 0 amide bonds. The third kappa shape index (κ3) is 1.55. The predicted molar refractivity (Wildman–Crippen MR) is 55.4 cm³/mol. The van der Waals surface area contributed by atoms with Crippen LogP contribution in [0.3, 0.4) is 0 Å². The third-order valence-corrected chi connectivity index (χ3v) is 3.36. The number of hydrogen-bond donors (Lipinski definition) is 1. The van der Waals surface area contributed by atoms with Gasteiger partial charge in [-0.15, -0.1) is 0 Å². The molecule has 0 aromatic heterocycles. The molecule has 0 heterocycles. The molecule has 2 heteroatoms. The molecular formula is C12H16FN. The molecule has 0 bridgehead atoms. The van der Waals surface area contributed by atoms with Gasteiger partial charge in [0.1, 0.15) is 5.82 Å². The summed E-state index contributed by atoms with van der Waals surface area (Å²) in [6, 6.07) is 4.93. The molecule has 0 saturated heterocycles. The Morgan fingerprint density at radius 1 is 1.43 bits per heavy atom. The zero-order chi connectivity index (χ0) is 10.3. The average Bonchev–Trinajstić information content (AvgIpc) is 2.84. The van der Waals surface area contributed by atoms with Gasteiger partial charge in [0.2, 0.25) is 0 Å². The Bertz CT molecular complexity index is 355. The molecule has 2 rings (SSSR count). The van der Waals surface area contributed by atoms with Crippen molar-refractivity contribution in [2.75, 3.05) is 0 Å². The Hall–Kier alpha value is -0.890. The van der Waals surface area contributed by atoms with Crippen molar-refractivity contribution >= 4 is 0 Å². The summed E-state index contributed by atoms with van der Waals surface area (Å²) in [7, 11) is 0. The molecule has 0 radical (unpaired) electrons. The Morgan fingerprint density at radius 2 is 2.07 bits per heavy atom. The van der Waals surface area contributed by atoms with Gasteiger partial charge in [-0.3, -0.25) is 0 Å². The lowest BCUT2D eigenvalue weighted by atomic mass is 9.90.